The number of aromatic nitrogens is 2. The molecule has 0 fully saturated rings. The van der Waals surface area contributed by atoms with E-state index in [1.165, 1.54) is 39.1 Å². The molecule has 0 radical (unpaired) electrons. The quantitative estimate of drug-likeness (QED) is 0.149. The number of fused-ring (bicyclic) bond motifs is 3. The second-order valence-electron chi connectivity index (χ2n) is 19.1. The smallest absolute Gasteiger partial charge is 0.135 e. The van der Waals surface area contributed by atoms with Gasteiger partial charge in [-0.05, 0) is 86.1 Å². The van der Waals surface area contributed by atoms with Crippen LogP contribution in [-0.4, -0.2) is 9.55 Å². The van der Waals surface area contributed by atoms with Crippen molar-refractivity contribution in [2.24, 2.45) is 5.41 Å². The number of allylic oxidation sites excluding steroid dienone is 1. The number of benzene rings is 6. The summed E-state index contributed by atoms with van der Waals surface area (Å²) in [7, 11) is 0. The number of anilines is 2. The molecule has 2 aromatic heterocycles. The maximum Gasteiger partial charge on any atom is 0.135 e. The van der Waals surface area contributed by atoms with Gasteiger partial charge >= 0.3 is 0 Å². The summed E-state index contributed by atoms with van der Waals surface area (Å²) in [5.74, 6) is 2.07. The van der Waals surface area contributed by atoms with Crippen LogP contribution in [0, 0.1) is 24.2 Å². The van der Waals surface area contributed by atoms with E-state index in [1.54, 1.807) is 0 Å². The molecule has 62 heavy (non-hydrogen) atoms. The minimum Gasteiger partial charge on any atom is -0.509 e. The summed E-state index contributed by atoms with van der Waals surface area (Å²) < 4.78 is 8.81. The van der Waals surface area contributed by atoms with Gasteiger partial charge < -0.3 is 19.1 Å². The van der Waals surface area contributed by atoms with E-state index >= 15 is 0 Å². The van der Waals surface area contributed by atoms with Gasteiger partial charge in [-0.2, -0.15) is 12.1 Å². The zero-order valence-corrected chi connectivity index (χ0v) is 39.3. The van der Waals surface area contributed by atoms with Crippen LogP contribution in [0.5, 0.6) is 11.5 Å². The van der Waals surface area contributed by atoms with E-state index in [4.69, 9.17) is 9.72 Å². The first kappa shape index (κ1) is 42.8. The number of para-hydroxylation sites is 1. The molecule has 5 nitrogen and oxygen atoms in total. The van der Waals surface area contributed by atoms with Gasteiger partial charge in [0.2, 0.25) is 0 Å². The molecule has 0 saturated heterocycles. The molecule has 9 rings (SSSR count). The maximum atomic E-state index is 6.61. The Bertz CT molecular complexity index is 2870. The van der Waals surface area contributed by atoms with Gasteiger partial charge in [0.1, 0.15) is 5.82 Å². The minimum absolute atomic E-state index is 0. The molecule has 0 unspecified atom stereocenters. The third-order valence-corrected chi connectivity index (χ3v) is 11.5. The molecular formula is C56H53N4OPt-3. The van der Waals surface area contributed by atoms with Gasteiger partial charge in [-0.15, -0.1) is 48.1 Å². The van der Waals surface area contributed by atoms with Gasteiger partial charge in [0.15, 0.2) is 0 Å². The van der Waals surface area contributed by atoms with Crippen molar-refractivity contribution in [2.75, 3.05) is 9.80 Å². The topological polar surface area (TPSA) is 33.5 Å². The Hall–Kier alpha value is -5.90. The molecule has 0 bridgehead atoms. The molecule has 1 aliphatic heterocycles. The van der Waals surface area contributed by atoms with Crippen molar-refractivity contribution in [3.63, 3.8) is 0 Å². The number of ether oxygens (including phenoxy) is 1. The molecule has 3 heterocycles. The summed E-state index contributed by atoms with van der Waals surface area (Å²) in [6.07, 6.45) is 4.13. The summed E-state index contributed by atoms with van der Waals surface area (Å²) in [5.41, 5.74) is 12.2. The Morgan fingerprint density at radius 2 is 1.21 bits per heavy atom. The molecule has 316 valence electrons. The summed E-state index contributed by atoms with van der Waals surface area (Å²) in [6.45, 7) is 22.6. The van der Waals surface area contributed by atoms with Crippen molar-refractivity contribution in [2.45, 2.75) is 73.1 Å². The Morgan fingerprint density at radius 3 is 1.84 bits per heavy atom. The molecule has 0 atom stereocenters. The molecule has 0 amide bonds. The third-order valence-electron chi connectivity index (χ3n) is 11.5. The van der Waals surface area contributed by atoms with Gasteiger partial charge in [0.05, 0.1) is 0 Å². The van der Waals surface area contributed by atoms with E-state index in [2.05, 4.69) is 223 Å². The van der Waals surface area contributed by atoms with E-state index in [1.807, 2.05) is 24.4 Å². The van der Waals surface area contributed by atoms with Gasteiger partial charge in [0.25, 0.3) is 0 Å². The van der Waals surface area contributed by atoms with Crippen molar-refractivity contribution in [3.05, 3.63) is 188 Å². The van der Waals surface area contributed by atoms with Crippen LogP contribution < -0.4 is 14.5 Å². The summed E-state index contributed by atoms with van der Waals surface area (Å²) in [4.78, 5) is 9.35. The molecular weight excluding hydrogens is 940 g/mol. The van der Waals surface area contributed by atoms with Crippen LogP contribution in [0.4, 0.5) is 11.4 Å². The van der Waals surface area contributed by atoms with Gasteiger partial charge in [0, 0.05) is 61.1 Å². The van der Waals surface area contributed by atoms with E-state index in [0.29, 0.717) is 11.5 Å². The first-order valence-electron chi connectivity index (χ1n) is 21.2. The van der Waals surface area contributed by atoms with Crippen molar-refractivity contribution in [3.8, 4) is 39.6 Å². The Balaban J connectivity index is 0.00000529. The predicted molar refractivity (Wildman–Crippen MR) is 254 cm³/mol. The first-order valence-corrected chi connectivity index (χ1v) is 21.2. The molecule has 0 N–H and O–H groups in total. The van der Waals surface area contributed by atoms with E-state index in [-0.39, 0.29) is 37.3 Å². The van der Waals surface area contributed by atoms with Gasteiger partial charge in [-0.1, -0.05) is 147 Å². The number of rotatable bonds is 7. The van der Waals surface area contributed by atoms with Crippen molar-refractivity contribution in [1.29, 1.82) is 0 Å². The number of hydrogen-bond acceptors (Lipinski definition) is 4. The summed E-state index contributed by atoms with van der Waals surface area (Å²) in [6, 6.07) is 56.5. The number of nitrogens with zero attached hydrogens (tertiary/aromatic N) is 4. The largest absolute Gasteiger partial charge is 0.509 e. The van der Waals surface area contributed by atoms with Gasteiger partial charge in [-0.25, -0.2) is 4.98 Å². The fourth-order valence-corrected chi connectivity index (χ4v) is 8.51. The maximum absolute atomic E-state index is 6.61. The zero-order chi connectivity index (χ0) is 42.7. The van der Waals surface area contributed by atoms with Crippen LogP contribution in [0.3, 0.4) is 0 Å². The Labute approximate surface area is 382 Å². The van der Waals surface area contributed by atoms with Crippen LogP contribution in [-0.2, 0) is 31.9 Å². The normalized spacial score (nSPS) is 13.4. The Kier molecular flexibility index (Phi) is 11.3. The molecule has 6 aromatic carbocycles. The van der Waals surface area contributed by atoms with E-state index < -0.39 is 0 Å². The van der Waals surface area contributed by atoms with E-state index in [9.17, 15) is 0 Å². The van der Waals surface area contributed by atoms with Crippen LogP contribution in [0.15, 0.2) is 158 Å². The average Bonchev–Trinajstić information content (AvgIpc) is 3.84. The predicted octanol–water partition coefficient (Wildman–Crippen LogP) is 14.8. The monoisotopic (exact) mass is 992 g/mol. The van der Waals surface area contributed by atoms with Crippen LogP contribution in [0.25, 0.3) is 49.9 Å². The molecule has 0 spiro atoms. The summed E-state index contributed by atoms with van der Waals surface area (Å²) >= 11 is 0. The van der Waals surface area contributed by atoms with Crippen molar-refractivity contribution < 1.29 is 25.8 Å². The van der Waals surface area contributed by atoms with Crippen LogP contribution >= 0.6 is 0 Å². The summed E-state index contributed by atoms with van der Waals surface area (Å²) in [5, 5.41) is 2.24. The fraction of sp³-hybridized carbons (Fsp3) is 0.214. The van der Waals surface area contributed by atoms with E-state index in [0.717, 1.165) is 39.0 Å². The van der Waals surface area contributed by atoms with Crippen LogP contribution in [0.2, 0.25) is 0 Å². The SMILES string of the molecule is CC(C)(C)C1=CN(c2[c-]c(Oc3[c-]c4c(cc3)c3ccccc3n4-c3cc(C(C)(C)C)ccn3)ccc2)[CH-]N1c1cc(-c2ccccc2)c(C(C)(C)C)c(-c2ccccc2)c1.[Pt]. The average molecular weight is 993 g/mol. The minimum atomic E-state index is -0.175. The van der Waals surface area contributed by atoms with Crippen molar-refractivity contribution >= 4 is 33.2 Å². The number of hydrogen-bond donors (Lipinski definition) is 0. The first-order chi connectivity index (χ1) is 29.1. The molecule has 8 aromatic rings. The molecule has 1 aliphatic rings. The molecule has 0 aliphatic carbocycles. The second-order valence-corrected chi connectivity index (χ2v) is 19.1. The Morgan fingerprint density at radius 1 is 0.581 bits per heavy atom. The fourth-order valence-electron chi connectivity index (χ4n) is 8.51. The molecule has 0 saturated carbocycles. The van der Waals surface area contributed by atoms with Gasteiger partial charge in [-0.3, -0.25) is 0 Å². The standard InChI is InChI=1S/C56H53N4O.Pt/c1-54(2,3)40-29-30-57-52(31-40)60-49-26-17-16-25-45(49)46-28-27-44(35-50(46)60)61-43-24-18-23-41(32-43)58-36-51(55(4,5)6)59(37-58)42-33-47(38-19-12-10-13-20-38)53(56(7,8)9)48(34-42)39-21-14-11-15-22-39;/h10-31,33-34,36-37H,1-9H3;/q-3;. The second kappa shape index (κ2) is 16.4. The van der Waals surface area contributed by atoms with Crippen LogP contribution in [0.1, 0.15) is 73.4 Å². The third kappa shape index (κ3) is 8.23. The van der Waals surface area contributed by atoms with Crippen molar-refractivity contribution in [1.82, 2.24) is 9.55 Å². The molecule has 6 heteroatoms. The zero-order valence-electron chi connectivity index (χ0n) is 37.0. The number of pyridine rings is 1.